The summed E-state index contributed by atoms with van der Waals surface area (Å²) in [5, 5.41) is 9.08. The Balaban J connectivity index is 1.89. The van der Waals surface area contributed by atoms with Gasteiger partial charge in [-0.2, -0.15) is 0 Å². The Labute approximate surface area is 147 Å². The number of aromatic nitrogens is 4. The molecule has 0 atom stereocenters. The van der Waals surface area contributed by atoms with Crippen LogP contribution in [-0.4, -0.2) is 26.3 Å². The zero-order chi connectivity index (χ0) is 17.0. The van der Waals surface area contributed by atoms with Crippen molar-refractivity contribution < 1.29 is 4.74 Å². The molecule has 1 aliphatic rings. The summed E-state index contributed by atoms with van der Waals surface area (Å²) in [5.41, 5.74) is 1.97. The maximum atomic E-state index is 13.4. The molecule has 0 bridgehead atoms. The SMILES string of the molecule is COc1ccc(-n2c(=O)c3c4c(sc3n3cnnc23)CCCC4)cc1. The molecule has 6 nitrogen and oxygen atoms in total. The first kappa shape index (κ1) is 14.7. The Morgan fingerprint density at radius 3 is 2.76 bits per heavy atom. The van der Waals surface area contributed by atoms with Crippen LogP contribution in [0.5, 0.6) is 5.75 Å². The van der Waals surface area contributed by atoms with Gasteiger partial charge in [0.1, 0.15) is 16.9 Å². The summed E-state index contributed by atoms with van der Waals surface area (Å²) >= 11 is 1.71. The molecule has 0 aliphatic heterocycles. The van der Waals surface area contributed by atoms with Crippen molar-refractivity contribution in [3.63, 3.8) is 0 Å². The van der Waals surface area contributed by atoms with E-state index < -0.39 is 0 Å². The van der Waals surface area contributed by atoms with E-state index in [1.54, 1.807) is 29.3 Å². The van der Waals surface area contributed by atoms with E-state index in [0.717, 1.165) is 40.9 Å². The quantitative estimate of drug-likeness (QED) is 0.556. The number of hydrogen-bond donors (Lipinski definition) is 0. The molecular formula is C18H16N4O2S. The van der Waals surface area contributed by atoms with Gasteiger partial charge in [-0.1, -0.05) is 0 Å². The molecule has 3 heterocycles. The minimum absolute atomic E-state index is 0.0138. The van der Waals surface area contributed by atoms with E-state index in [4.69, 9.17) is 4.74 Å². The summed E-state index contributed by atoms with van der Waals surface area (Å²) < 4.78 is 8.80. The molecule has 0 saturated carbocycles. The molecule has 7 heteroatoms. The first-order chi connectivity index (χ1) is 12.3. The summed E-state index contributed by atoms with van der Waals surface area (Å²) in [6.07, 6.45) is 6.05. The van der Waals surface area contributed by atoms with Crippen molar-refractivity contribution in [1.82, 2.24) is 19.2 Å². The molecule has 0 spiro atoms. The van der Waals surface area contributed by atoms with Crippen LogP contribution in [-0.2, 0) is 12.8 Å². The van der Waals surface area contributed by atoms with Crippen LogP contribution in [0.3, 0.4) is 0 Å². The lowest BCUT2D eigenvalue weighted by Crippen LogP contribution is -2.22. The molecule has 3 aromatic heterocycles. The number of ether oxygens (including phenoxy) is 1. The van der Waals surface area contributed by atoms with Gasteiger partial charge in [0.15, 0.2) is 0 Å². The van der Waals surface area contributed by atoms with Crippen LogP contribution in [0.1, 0.15) is 23.3 Å². The van der Waals surface area contributed by atoms with Gasteiger partial charge >= 0.3 is 0 Å². The van der Waals surface area contributed by atoms with Crippen molar-refractivity contribution in [2.24, 2.45) is 0 Å². The van der Waals surface area contributed by atoms with E-state index in [-0.39, 0.29) is 5.56 Å². The van der Waals surface area contributed by atoms with Crippen molar-refractivity contribution >= 4 is 27.3 Å². The predicted molar refractivity (Wildman–Crippen MR) is 97.2 cm³/mol. The number of fused-ring (bicyclic) bond motifs is 5. The summed E-state index contributed by atoms with van der Waals surface area (Å²) in [4.78, 5) is 15.7. The third kappa shape index (κ3) is 2.05. The Hall–Kier alpha value is -2.67. The monoisotopic (exact) mass is 352 g/mol. The van der Waals surface area contributed by atoms with Gasteiger partial charge in [-0.15, -0.1) is 21.5 Å². The van der Waals surface area contributed by atoms with E-state index in [1.165, 1.54) is 16.9 Å². The van der Waals surface area contributed by atoms with Crippen molar-refractivity contribution in [3.05, 3.63) is 51.4 Å². The van der Waals surface area contributed by atoms with Gasteiger partial charge < -0.3 is 4.74 Å². The molecule has 0 radical (unpaired) electrons. The molecule has 25 heavy (non-hydrogen) atoms. The zero-order valence-electron chi connectivity index (χ0n) is 13.7. The van der Waals surface area contributed by atoms with E-state index in [0.29, 0.717) is 5.78 Å². The van der Waals surface area contributed by atoms with Crippen molar-refractivity contribution in [1.29, 1.82) is 0 Å². The summed E-state index contributed by atoms with van der Waals surface area (Å²) in [7, 11) is 1.63. The van der Waals surface area contributed by atoms with E-state index >= 15 is 0 Å². The normalized spacial score (nSPS) is 14.1. The minimum Gasteiger partial charge on any atom is -0.497 e. The van der Waals surface area contributed by atoms with Gasteiger partial charge in [-0.3, -0.25) is 9.20 Å². The average Bonchev–Trinajstić information content (AvgIpc) is 3.27. The van der Waals surface area contributed by atoms with Crippen LogP contribution < -0.4 is 10.3 Å². The highest BCUT2D eigenvalue weighted by molar-refractivity contribution is 7.18. The fraction of sp³-hybridized carbons (Fsp3) is 0.278. The Morgan fingerprint density at radius 1 is 1.16 bits per heavy atom. The second-order valence-electron chi connectivity index (χ2n) is 6.23. The maximum Gasteiger partial charge on any atom is 0.268 e. The van der Waals surface area contributed by atoms with E-state index in [2.05, 4.69) is 10.2 Å². The summed E-state index contributed by atoms with van der Waals surface area (Å²) in [6, 6.07) is 7.45. The molecule has 126 valence electrons. The molecule has 0 saturated heterocycles. The van der Waals surface area contributed by atoms with Crippen molar-refractivity contribution in [2.45, 2.75) is 25.7 Å². The highest BCUT2D eigenvalue weighted by Gasteiger charge is 2.23. The Morgan fingerprint density at radius 2 is 1.96 bits per heavy atom. The third-order valence-electron chi connectivity index (χ3n) is 4.85. The van der Waals surface area contributed by atoms with Crippen LogP contribution in [0.2, 0.25) is 0 Å². The smallest absolute Gasteiger partial charge is 0.268 e. The van der Waals surface area contributed by atoms with Gasteiger partial charge in [-0.05, 0) is 55.5 Å². The molecule has 1 aliphatic carbocycles. The molecule has 0 fully saturated rings. The first-order valence-corrected chi connectivity index (χ1v) is 9.13. The Kier molecular flexibility index (Phi) is 3.18. The van der Waals surface area contributed by atoms with Crippen LogP contribution in [0, 0.1) is 0 Å². The molecule has 4 aromatic rings. The zero-order valence-corrected chi connectivity index (χ0v) is 14.5. The molecule has 5 rings (SSSR count). The van der Waals surface area contributed by atoms with Gasteiger partial charge in [-0.25, -0.2) is 4.57 Å². The van der Waals surface area contributed by atoms with Gasteiger partial charge in [0, 0.05) is 4.88 Å². The van der Waals surface area contributed by atoms with E-state index in [9.17, 15) is 4.79 Å². The number of hydrogen-bond acceptors (Lipinski definition) is 5. The van der Waals surface area contributed by atoms with E-state index in [1.807, 2.05) is 28.7 Å². The fourth-order valence-electron chi connectivity index (χ4n) is 3.63. The standard InChI is InChI=1S/C18H16N4O2S/c1-24-12-8-6-11(7-9-12)22-16(23)15-13-4-2-3-5-14(13)25-17(15)21-10-19-20-18(21)22/h6-10H,2-5H2,1H3. The largest absolute Gasteiger partial charge is 0.497 e. The number of methoxy groups -OCH3 is 1. The van der Waals surface area contributed by atoms with Crippen LogP contribution in [0.15, 0.2) is 35.4 Å². The number of nitrogens with zero attached hydrogens (tertiary/aromatic N) is 4. The lowest BCUT2D eigenvalue weighted by Gasteiger charge is -2.11. The number of benzene rings is 1. The number of aryl methyl sites for hydroxylation is 2. The number of rotatable bonds is 2. The molecule has 1 aromatic carbocycles. The van der Waals surface area contributed by atoms with Gasteiger partial charge in [0.25, 0.3) is 5.56 Å². The van der Waals surface area contributed by atoms with Crippen LogP contribution in [0.25, 0.3) is 21.7 Å². The summed E-state index contributed by atoms with van der Waals surface area (Å²) in [6.45, 7) is 0. The molecule has 0 N–H and O–H groups in total. The van der Waals surface area contributed by atoms with Crippen molar-refractivity contribution in [3.8, 4) is 11.4 Å². The fourth-order valence-corrected chi connectivity index (χ4v) is 4.98. The average molecular weight is 352 g/mol. The van der Waals surface area contributed by atoms with Crippen molar-refractivity contribution in [2.75, 3.05) is 7.11 Å². The van der Waals surface area contributed by atoms with Gasteiger partial charge in [0.2, 0.25) is 5.78 Å². The highest BCUT2D eigenvalue weighted by Crippen LogP contribution is 2.35. The first-order valence-electron chi connectivity index (χ1n) is 8.31. The predicted octanol–water partition coefficient (Wildman–Crippen LogP) is 2.98. The molecule has 0 unspecified atom stereocenters. The number of thiophene rings is 1. The van der Waals surface area contributed by atoms with Crippen LogP contribution >= 0.6 is 11.3 Å². The highest BCUT2D eigenvalue weighted by atomic mass is 32.1. The third-order valence-corrected chi connectivity index (χ3v) is 6.14. The lowest BCUT2D eigenvalue weighted by molar-refractivity contribution is 0.414. The second kappa shape index (κ2) is 5.42. The van der Waals surface area contributed by atoms with Crippen LogP contribution in [0.4, 0.5) is 0 Å². The molecular weight excluding hydrogens is 336 g/mol. The van der Waals surface area contributed by atoms with Gasteiger partial charge in [0.05, 0.1) is 18.2 Å². The second-order valence-corrected chi connectivity index (χ2v) is 7.31. The topological polar surface area (TPSA) is 61.4 Å². The molecule has 0 amide bonds. The summed E-state index contributed by atoms with van der Waals surface area (Å²) in [5.74, 6) is 1.30. The minimum atomic E-state index is -0.0138. The lowest BCUT2D eigenvalue weighted by atomic mass is 9.97. The maximum absolute atomic E-state index is 13.4. The Bertz CT molecular complexity index is 1150.